The van der Waals surface area contributed by atoms with Crippen LogP contribution in [0.4, 0.5) is 4.79 Å². The maximum absolute atomic E-state index is 13.3. The van der Waals surface area contributed by atoms with Crippen molar-refractivity contribution in [3.8, 4) is 0 Å². The largest absolute Gasteiger partial charge is 0.439 e. The summed E-state index contributed by atoms with van der Waals surface area (Å²) < 4.78 is 16.4. The van der Waals surface area contributed by atoms with Crippen LogP contribution in [-0.2, 0) is 28.6 Å². The van der Waals surface area contributed by atoms with Gasteiger partial charge < -0.3 is 35.5 Å². The zero-order valence-corrected chi connectivity index (χ0v) is 23.8. The van der Waals surface area contributed by atoms with Gasteiger partial charge in [0.05, 0.1) is 24.5 Å². The second kappa shape index (κ2) is 14.8. The highest BCUT2D eigenvalue weighted by Crippen LogP contribution is 2.29. The van der Waals surface area contributed by atoms with Crippen LogP contribution in [0.3, 0.4) is 0 Å². The molecule has 0 aromatic rings. The number of Topliss-reactive ketones (excluding diaryl/α,β-unsaturated/α-hetero) is 1. The second-order valence-electron chi connectivity index (χ2n) is 10.2. The summed E-state index contributed by atoms with van der Waals surface area (Å²) in [7, 11) is 2.88. The number of amides is 2. The van der Waals surface area contributed by atoms with E-state index in [1.807, 2.05) is 6.92 Å². The van der Waals surface area contributed by atoms with Crippen molar-refractivity contribution in [2.45, 2.75) is 65.0 Å². The highest BCUT2D eigenvalue weighted by atomic mass is 16.6. The van der Waals surface area contributed by atoms with Gasteiger partial charge in [-0.2, -0.15) is 0 Å². The predicted molar refractivity (Wildman–Crippen MR) is 147 cm³/mol. The number of ether oxygens (including phenoxy) is 3. The van der Waals surface area contributed by atoms with Gasteiger partial charge in [-0.15, -0.1) is 0 Å². The quantitative estimate of drug-likeness (QED) is 0.295. The number of nitrogens with one attached hydrogen (secondary N) is 1. The number of methoxy groups -OCH3 is 2. The molecule has 0 aromatic carbocycles. The lowest BCUT2D eigenvalue weighted by Gasteiger charge is -2.30. The topological polar surface area (TPSA) is 174 Å². The number of aliphatic hydroxyl groups is 2. The van der Waals surface area contributed by atoms with E-state index in [2.05, 4.69) is 5.32 Å². The molecule has 11 heteroatoms. The molecule has 5 N–H and O–H groups in total. The molecule has 2 aliphatic rings. The Labute approximate surface area is 234 Å². The number of aliphatic hydroxyl groups excluding tert-OH is 2. The van der Waals surface area contributed by atoms with Gasteiger partial charge in [0.1, 0.15) is 6.10 Å². The van der Waals surface area contributed by atoms with Gasteiger partial charge in [-0.25, -0.2) is 4.79 Å². The summed E-state index contributed by atoms with van der Waals surface area (Å²) in [6, 6.07) is 0. The molecule has 0 radical (unpaired) electrons. The van der Waals surface area contributed by atoms with E-state index in [1.54, 1.807) is 26.0 Å². The fraction of sp³-hybridized carbons (Fsp3) is 0.517. The Morgan fingerprint density at radius 2 is 1.82 bits per heavy atom. The SMILES string of the molecule is COC1C=CC=C(C)C(=O)NC2=CC(=O)C(CO)=C(CC(C)CC(OC)C(O)C(C)C=C(C)C1OC(N)=O)C2=O. The number of allylic oxidation sites excluding steroid dienone is 4. The average Bonchev–Trinajstić information content (AvgIpc) is 2.90. The molecule has 0 saturated heterocycles. The van der Waals surface area contributed by atoms with Crippen molar-refractivity contribution in [1.82, 2.24) is 5.32 Å². The van der Waals surface area contributed by atoms with Crippen molar-refractivity contribution in [3.63, 3.8) is 0 Å². The molecule has 2 amide bonds. The first-order chi connectivity index (χ1) is 18.8. The minimum atomic E-state index is -1.01. The van der Waals surface area contributed by atoms with Crippen molar-refractivity contribution in [1.29, 1.82) is 0 Å². The number of fused-ring (bicyclic) bond motifs is 2. The maximum atomic E-state index is 13.3. The first-order valence-electron chi connectivity index (χ1n) is 13.0. The van der Waals surface area contributed by atoms with Gasteiger partial charge in [-0.05, 0) is 38.2 Å². The summed E-state index contributed by atoms with van der Waals surface area (Å²) in [5.41, 5.74) is 6.00. The highest BCUT2D eigenvalue weighted by molar-refractivity contribution is 6.23. The summed E-state index contributed by atoms with van der Waals surface area (Å²) in [6.07, 6.45) is 3.40. The first-order valence-corrected chi connectivity index (χ1v) is 13.0. The molecule has 220 valence electrons. The van der Waals surface area contributed by atoms with E-state index >= 15 is 0 Å². The van der Waals surface area contributed by atoms with Gasteiger partial charge in [0.2, 0.25) is 5.78 Å². The Kier molecular flexibility index (Phi) is 12.2. The van der Waals surface area contributed by atoms with Crippen LogP contribution in [0.1, 0.15) is 40.5 Å². The third-order valence-corrected chi connectivity index (χ3v) is 7.07. The lowest BCUT2D eigenvalue weighted by Crippen LogP contribution is -2.37. The molecule has 6 atom stereocenters. The van der Waals surface area contributed by atoms with Crippen molar-refractivity contribution >= 4 is 23.6 Å². The van der Waals surface area contributed by atoms with Crippen LogP contribution in [0, 0.1) is 11.8 Å². The molecule has 2 rings (SSSR count). The van der Waals surface area contributed by atoms with E-state index in [9.17, 15) is 29.4 Å². The molecule has 0 spiro atoms. The molecule has 6 unspecified atom stereocenters. The van der Waals surface area contributed by atoms with Crippen LogP contribution in [0.25, 0.3) is 0 Å². The number of ketones is 2. The third kappa shape index (κ3) is 8.31. The minimum Gasteiger partial charge on any atom is -0.439 e. The molecule has 11 nitrogen and oxygen atoms in total. The number of hydrogen-bond acceptors (Lipinski definition) is 9. The minimum absolute atomic E-state index is 0.0246. The maximum Gasteiger partial charge on any atom is 0.405 e. The van der Waals surface area contributed by atoms with Crippen LogP contribution < -0.4 is 11.1 Å². The van der Waals surface area contributed by atoms with Gasteiger partial charge in [0.25, 0.3) is 5.91 Å². The van der Waals surface area contributed by atoms with Crippen molar-refractivity contribution in [2.24, 2.45) is 17.6 Å². The zero-order chi connectivity index (χ0) is 30.1. The Morgan fingerprint density at radius 3 is 2.40 bits per heavy atom. The number of carbonyl (C=O) groups excluding carboxylic acids is 4. The molecule has 1 aliphatic heterocycles. The third-order valence-electron chi connectivity index (χ3n) is 7.07. The number of nitrogens with two attached hydrogens (primary N) is 1. The Morgan fingerprint density at radius 1 is 1.15 bits per heavy atom. The fourth-order valence-corrected chi connectivity index (χ4v) is 4.82. The standard InChI is InChI=1S/C29H40N2O9/c1-15-10-19-20(14-32)22(33)13-21(26(19)35)31-28(36)16(2)8-7-9-23(38-5)27(40-29(30)37)18(4)12-17(3)25(34)24(11-15)39-6/h7-9,12-13,15,17,23-25,27,32,34H,10-11,14H2,1-6H3,(H2,30,37)(H,31,36). The predicted octanol–water partition coefficient (Wildman–Crippen LogP) is 1.80. The highest BCUT2D eigenvalue weighted by Gasteiger charge is 2.33. The molecular weight excluding hydrogens is 520 g/mol. The number of rotatable bonds is 4. The summed E-state index contributed by atoms with van der Waals surface area (Å²) in [5, 5.41) is 23.5. The van der Waals surface area contributed by atoms with Gasteiger partial charge >= 0.3 is 6.09 Å². The Hall–Kier alpha value is -3.38. The Balaban J connectivity index is 2.60. The molecule has 0 saturated carbocycles. The normalized spacial score (nSPS) is 29.4. The van der Waals surface area contributed by atoms with Crippen molar-refractivity contribution < 1.29 is 43.6 Å². The van der Waals surface area contributed by atoms with Crippen LogP contribution in [0.15, 0.2) is 58.4 Å². The molecule has 0 fully saturated rings. The number of carbonyl (C=O) groups is 4. The van der Waals surface area contributed by atoms with Gasteiger partial charge in [-0.1, -0.05) is 38.2 Å². The van der Waals surface area contributed by atoms with Gasteiger partial charge in [-0.3, -0.25) is 14.4 Å². The zero-order valence-electron chi connectivity index (χ0n) is 23.8. The lowest BCUT2D eigenvalue weighted by atomic mass is 9.83. The second-order valence-corrected chi connectivity index (χ2v) is 10.2. The molecule has 1 heterocycles. The molecule has 40 heavy (non-hydrogen) atoms. The average molecular weight is 561 g/mol. The van der Waals surface area contributed by atoms with Gasteiger partial charge in [0.15, 0.2) is 11.9 Å². The lowest BCUT2D eigenvalue weighted by molar-refractivity contribution is -0.120. The van der Waals surface area contributed by atoms with Crippen LogP contribution in [0.2, 0.25) is 0 Å². The fourth-order valence-electron chi connectivity index (χ4n) is 4.82. The molecular formula is C29H40N2O9. The van der Waals surface area contributed by atoms with Crippen LogP contribution in [-0.4, -0.2) is 79.0 Å². The summed E-state index contributed by atoms with van der Waals surface area (Å²) in [4.78, 5) is 50.5. The number of hydrogen-bond donors (Lipinski definition) is 4. The molecule has 2 bridgehead atoms. The summed E-state index contributed by atoms with van der Waals surface area (Å²) >= 11 is 0. The van der Waals surface area contributed by atoms with E-state index < -0.39 is 60.5 Å². The monoisotopic (exact) mass is 560 g/mol. The number of primary amides is 1. The summed E-state index contributed by atoms with van der Waals surface area (Å²) in [5.74, 6) is -2.44. The van der Waals surface area contributed by atoms with E-state index in [-0.39, 0.29) is 34.8 Å². The van der Waals surface area contributed by atoms with Gasteiger partial charge in [0, 0.05) is 42.9 Å². The Bertz CT molecular complexity index is 1150. The van der Waals surface area contributed by atoms with Crippen molar-refractivity contribution in [2.75, 3.05) is 20.8 Å². The van der Waals surface area contributed by atoms with Crippen molar-refractivity contribution in [3.05, 3.63) is 58.4 Å². The van der Waals surface area contributed by atoms with Crippen LogP contribution >= 0.6 is 0 Å². The van der Waals surface area contributed by atoms with E-state index in [0.29, 0.717) is 12.0 Å². The van der Waals surface area contributed by atoms with E-state index in [0.717, 1.165) is 6.08 Å². The smallest absolute Gasteiger partial charge is 0.405 e. The summed E-state index contributed by atoms with van der Waals surface area (Å²) in [6.45, 7) is 6.23. The van der Waals surface area contributed by atoms with E-state index in [4.69, 9.17) is 19.9 Å². The van der Waals surface area contributed by atoms with E-state index in [1.165, 1.54) is 33.3 Å². The molecule has 0 aromatic heterocycles. The molecule has 1 aliphatic carbocycles. The first kappa shape index (κ1) is 32.8. The van der Waals surface area contributed by atoms with Crippen LogP contribution in [0.5, 0.6) is 0 Å².